The normalized spacial score (nSPS) is 23.8. The summed E-state index contributed by atoms with van der Waals surface area (Å²) in [6.07, 6.45) is 10.0. The molecule has 2 heterocycles. The molecule has 3 heteroatoms. The van der Waals surface area contributed by atoms with Crippen LogP contribution in [0.1, 0.15) is 51.4 Å². The molecule has 0 aliphatic carbocycles. The van der Waals surface area contributed by atoms with Crippen LogP contribution in [0.4, 0.5) is 4.79 Å². The Hall–Kier alpha value is -0.730. The van der Waals surface area contributed by atoms with E-state index >= 15 is 0 Å². The highest BCUT2D eigenvalue weighted by Crippen LogP contribution is 2.15. The van der Waals surface area contributed by atoms with E-state index in [4.69, 9.17) is 0 Å². The van der Waals surface area contributed by atoms with E-state index in [-0.39, 0.29) is 0 Å². The molecule has 0 N–H and O–H groups in total. The Kier molecular flexibility index (Phi) is 4.49. The summed E-state index contributed by atoms with van der Waals surface area (Å²) >= 11 is 0. The number of urea groups is 1. The average molecular weight is 224 g/mol. The van der Waals surface area contributed by atoms with Gasteiger partial charge in [-0.2, -0.15) is 0 Å². The predicted octanol–water partition coefficient (Wildman–Crippen LogP) is 2.86. The quantitative estimate of drug-likeness (QED) is 0.620. The fraction of sp³-hybridized carbons (Fsp3) is 0.923. The number of amides is 2. The molecule has 0 radical (unpaired) electrons. The number of carbonyl (C=O) groups excluding carboxylic acids is 1. The van der Waals surface area contributed by atoms with Crippen LogP contribution in [-0.2, 0) is 0 Å². The Balaban J connectivity index is 1.85. The highest BCUT2D eigenvalue weighted by atomic mass is 16.2. The second-order valence-electron chi connectivity index (χ2n) is 5.09. The fourth-order valence-electron chi connectivity index (χ4n) is 2.72. The van der Waals surface area contributed by atoms with Gasteiger partial charge in [0.05, 0.1) is 0 Å². The maximum atomic E-state index is 12.3. The molecular formula is C13H24N2O. The van der Waals surface area contributed by atoms with Gasteiger partial charge in [0.25, 0.3) is 0 Å². The van der Waals surface area contributed by atoms with Crippen LogP contribution in [0.2, 0.25) is 0 Å². The van der Waals surface area contributed by atoms with Gasteiger partial charge in [-0.05, 0) is 32.1 Å². The van der Waals surface area contributed by atoms with Gasteiger partial charge in [0.15, 0.2) is 0 Å². The molecule has 2 aliphatic heterocycles. The van der Waals surface area contributed by atoms with Gasteiger partial charge in [-0.25, -0.2) is 4.79 Å². The Morgan fingerprint density at radius 1 is 0.562 bits per heavy atom. The third-order valence-corrected chi connectivity index (χ3v) is 3.75. The molecular weight excluding hydrogens is 200 g/mol. The van der Waals surface area contributed by atoms with Crippen molar-refractivity contribution in [2.24, 2.45) is 0 Å². The molecule has 0 unspecified atom stereocenters. The summed E-state index contributed by atoms with van der Waals surface area (Å²) in [4.78, 5) is 16.4. The fourth-order valence-corrected chi connectivity index (χ4v) is 2.72. The molecule has 0 aromatic rings. The summed E-state index contributed by atoms with van der Waals surface area (Å²) in [5.74, 6) is 0. The molecule has 0 spiro atoms. The Labute approximate surface area is 98.8 Å². The van der Waals surface area contributed by atoms with Gasteiger partial charge >= 0.3 is 6.03 Å². The number of piperidine rings is 1. The van der Waals surface area contributed by atoms with Crippen molar-refractivity contribution in [1.29, 1.82) is 0 Å². The molecule has 3 nitrogen and oxygen atoms in total. The van der Waals surface area contributed by atoms with E-state index in [0.717, 1.165) is 26.2 Å². The van der Waals surface area contributed by atoms with Gasteiger partial charge in [-0.15, -0.1) is 0 Å². The topological polar surface area (TPSA) is 23.6 Å². The number of hydrogen-bond acceptors (Lipinski definition) is 1. The zero-order valence-corrected chi connectivity index (χ0v) is 10.3. The smallest absolute Gasteiger partial charge is 0.319 e. The lowest BCUT2D eigenvalue weighted by Crippen LogP contribution is -2.46. The van der Waals surface area contributed by atoms with Gasteiger partial charge in [-0.1, -0.05) is 19.3 Å². The Bertz CT molecular complexity index is 216. The first-order valence-corrected chi connectivity index (χ1v) is 6.92. The summed E-state index contributed by atoms with van der Waals surface area (Å²) in [6, 6.07) is 0.307. The SMILES string of the molecule is O=C(N1CCCCCCC1)N1CCCCC1. The van der Waals surface area contributed by atoms with Crippen molar-refractivity contribution in [1.82, 2.24) is 9.80 Å². The number of nitrogens with zero attached hydrogens (tertiary/aromatic N) is 2. The summed E-state index contributed by atoms with van der Waals surface area (Å²) in [6.45, 7) is 3.93. The highest BCUT2D eigenvalue weighted by molar-refractivity contribution is 5.74. The molecule has 92 valence electrons. The molecule has 0 aromatic heterocycles. The third-order valence-electron chi connectivity index (χ3n) is 3.75. The van der Waals surface area contributed by atoms with Gasteiger partial charge in [0, 0.05) is 26.2 Å². The van der Waals surface area contributed by atoms with E-state index in [9.17, 15) is 4.79 Å². The maximum Gasteiger partial charge on any atom is 0.319 e. The van der Waals surface area contributed by atoms with E-state index in [1.807, 2.05) is 0 Å². The molecule has 2 aliphatic rings. The third kappa shape index (κ3) is 3.13. The summed E-state index contributed by atoms with van der Waals surface area (Å²) < 4.78 is 0. The average Bonchev–Trinajstić information content (AvgIpc) is 2.29. The van der Waals surface area contributed by atoms with E-state index in [0.29, 0.717) is 6.03 Å². The monoisotopic (exact) mass is 224 g/mol. The van der Waals surface area contributed by atoms with Crippen LogP contribution < -0.4 is 0 Å². The standard InChI is InChI=1S/C13H24N2O/c16-13(15-11-7-4-8-12-15)14-9-5-2-1-3-6-10-14/h1-12H2. The van der Waals surface area contributed by atoms with Crippen LogP contribution in [0.15, 0.2) is 0 Å². The first-order valence-electron chi connectivity index (χ1n) is 6.92. The molecule has 0 bridgehead atoms. The van der Waals surface area contributed by atoms with Gasteiger partial charge < -0.3 is 9.80 Å². The Morgan fingerprint density at radius 2 is 0.875 bits per heavy atom. The first kappa shape index (κ1) is 11.7. The van der Waals surface area contributed by atoms with Crippen molar-refractivity contribution in [2.75, 3.05) is 26.2 Å². The van der Waals surface area contributed by atoms with Crippen molar-refractivity contribution < 1.29 is 4.79 Å². The summed E-state index contributed by atoms with van der Waals surface area (Å²) in [7, 11) is 0. The van der Waals surface area contributed by atoms with Crippen LogP contribution >= 0.6 is 0 Å². The lowest BCUT2D eigenvalue weighted by molar-refractivity contribution is 0.139. The van der Waals surface area contributed by atoms with Gasteiger partial charge in [0.1, 0.15) is 0 Å². The van der Waals surface area contributed by atoms with E-state index < -0.39 is 0 Å². The Morgan fingerprint density at radius 3 is 1.31 bits per heavy atom. The van der Waals surface area contributed by atoms with Crippen molar-refractivity contribution in [3.05, 3.63) is 0 Å². The second kappa shape index (κ2) is 6.12. The zero-order chi connectivity index (χ0) is 11.2. The van der Waals surface area contributed by atoms with E-state index in [1.165, 1.54) is 51.4 Å². The lowest BCUT2D eigenvalue weighted by atomic mass is 10.1. The van der Waals surface area contributed by atoms with Crippen LogP contribution in [-0.4, -0.2) is 42.0 Å². The lowest BCUT2D eigenvalue weighted by Gasteiger charge is -2.33. The number of hydrogen-bond donors (Lipinski definition) is 0. The molecule has 16 heavy (non-hydrogen) atoms. The molecule has 2 saturated heterocycles. The van der Waals surface area contributed by atoms with Crippen molar-refractivity contribution in [3.63, 3.8) is 0 Å². The summed E-state index contributed by atoms with van der Waals surface area (Å²) in [5.41, 5.74) is 0. The number of carbonyl (C=O) groups is 1. The van der Waals surface area contributed by atoms with Crippen LogP contribution in [0.3, 0.4) is 0 Å². The largest absolute Gasteiger partial charge is 0.325 e. The first-order chi connectivity index (χ1) is 7.88. The van der Waals surface area contributed by atoms with E-state index in [2.05, 4.69) is 9.80 Å². The number of likely N-dealkylation sites (tertiary alicyclic amines) is 2. The van der Waals surface area contributed by atoms with Crippen LogP contribution in [0.5, 0.6) is 0 Å². The van der Waals surface area contributed by atoms with Gasteiger partial charge in [-0.3, -0.25) is 0 Å². The highest BCUT2D eigenvalue weighted by Gasteiger charge is 2.22. The van der Waals surface area contributed by atoms with Crippen molar-refractivity contribution in [3.8, 4) is 0 Å². The minimum Gasteiger partial charge on any atom is -0.325 e. The minimum atomic E-state index is 0.307. The van der Waals surface area contributed by atoms with Crippen LogP contribution in [0, 0.1) is 0 Å². The zero-order valence-electron chi connectivity index (χ0n) is 10.3. The molecule has 0 aromatic carbocycles. The predicted molar refractivity (Wildman–Crippen MR) is 65.5 cm³/mol. The van der Waals surface area contributed by atoms with Crippen molar-refractivity contribution in [2.45, 2.75) is 51.4 Å². The molecule has 0 atom stereocenters. The second-order valence-corrected chi connectivity index (χ2v) is 5.09. The molecule has 2 fully saturated rings. The minimum absolute atomic E-state index is 0.307. The number of rotatable bonds is 0. The molecule has 0 saturated carbocycles. The summed E-state index contributed by atoms with van der Waals surface area (Å²) in [5, 5.41) is 0. The van der Waals surface area contributed by atoms with Crippen LogP contribution in [0.25, 0.3) is 0 Å². The van der Waals surface area contributed by atoms with E-state index in [1.54, 1.807) is 0 Å². The molecule has 2 amide bonds. The van der Waals surface area contributed by atoms with Gasteiger partial charge in [0.2, 0.25) is 0 Å². The maximum absolute atomic E-state index is 12.3. The molecule has 2 rings (SSSR count). The van der Waals surface area contributed by atoms with Crippen molar-refractivity contribution >= 4 is 6.03 Å².